The van der Waals surface area contributed by atoms with Gasteiger partial charge in [-0.3, -0.25) is 19.5 Å². The summed E-state index contributed by atoms with van der Waals surface area (Å²) in [5.41, 5.74) is 4.07. The minimum absolute atomic E-state index is 0.109. The molecule has 7 rings (SSSR count). The van der Waals surface area contributed by atoms with Gasteiger partial charge in [-0.15, -0.1) is 9.90 Å². The van der Waals surface area contributed by atoms with Crippen molar-refractivity contribution >= 4 is 23.4 Å². The fourth-order valence-electron chi connectivity index (χ4n) is 6.68. The van der Waals surface area contributed by atoms with Crippen molar-refractivity contribution in [2.75, 3.05) is 38.0 Å². The van der Waals surface area contributed by atoms with E-state index in [-0.39, 0.29) is 67.5 Å². The third-order valence-electron chi connectivity index (χ3n) is 9.63. The summed E-state index contributed by atoms with van der Waals surface area (Å²) in [6, 6.07) is 8.07. The van der Waals surface area contributed by atoms with Gasteiger partial charge in [0, 0.05) is 43.1 Å². The van der Waals surface area contributed by atoms with Gasteiger partial charge in [-0.2, -0.15) is 13.2 Å². The van der Waals surface area contributed by atoms with E-state index < -0.39 is 29.5 Å². The molecule has 4 heterocycles. The lowest BCUT2D eigenvalue weighted by atomic mass is 9.83. The first kappa shape index (κ1) is 34.7. The molecule has 2 aromatic heterocycles. The lowest BCUT2D eigenvalue weighted by Crippen LogP contribution is -2.51. The third-order valence-corrected chi connectivity index (χ3v) is 9.63. The predicted octanol–water partition coefficient (Wildman–Crippen LogP) is 3.78. The number of aryl methyl sites for hydroxylation is 1. The Kier molecular flexibility index (Phi) is 9.20. The molecule has 0 unspecified atom stereocenters. The van der Waals surface area contributed by atoms with E-state index in [4.69, 9.17) is 4.74 Å². The van der Waals surface area contributed by atoms with Crippen LogP contribution in [-0.4, -0.2) is 90.3 Å². The number of nitrogens with one attached hydrogen (secondary N) is 3. The van der Waals surface area contributed by atoms with Crippen LogP contribution in [0.25, 0.3) is 11.4 Å². The largest absolute Gasteiger partial charge is 0.504 e. The summed E-state index contributed by atoms with van der Waals surface area (Å²) in [7, 11) is 0. The molecule has 17 heteroatoms. The summed E-state index contributed by atoms with van der Waals surface area (Å²) >= 11 is 0. The first-order valence-corrected chi connectivity index (χ1v) is 16.9. The first-order chi connectivity index (χ1) is 24.9. The summed E-state index contributed by atoms with van der Waals surface area (Å²) in [6.07, 6.45) is -2.24. The molecule has 2 amide bonds. The van der Waals surface area contributed by atoms with Crippen molar-refractivity contribution in [3.63, 3.8) is 0 Å². The van der Waals surface area contributed by atoms with Crippen LogP contribution in [0, 0.1) is 6.92 Å². The number of aromatic amines is 1. The highest BCUT2D eigenvalue weighted by Crippen LogP contribution is 2.41. The van der Waals surface area contributed by atoms with Gasteiger partial charge in [0.25, 0.3) is 5.91 Å². The lowest BCUT2D eigenvalue weighted by Gasteiger charge is -2.37. The molecule has 0 radical (unpaired) electrons. The maximum absolute atomic E-state index is 14.1. The average Bonchev–Trinajstić information content (AvgIpc) is 3.55. The fourth-order valence-corrected chi connectivity index (χ4v) is 6.68. The van der Waals surface area contributed by atoms with Crippen LogP contribution >= 0.6 is 0 Å². The topological polar surface area (TPSA) is 171 Å². The number of piperazine rings is 1. The standard InChI is InChI=1S/C35H36F3N9O5/c1-3-26(39-15-28(48)42-27-9-8-25(35(36,37)38)23-6-7-24(23)27)30(34(51)47-43-32(44-47)20-4-5-21-16-52-17-22(21)14-20)45-10-12-46(13-11-45)33(50)29-31(49)19(2)40-18-41-29/h4-5,8-9,14,18,39,49H,3,6-7,10-13,15-17H2,1-2H3,(H,42,48)(H,43,44)/b30-26+. The smallest absolute Gasteiger partial charge is 0.416 e. The number of amides is 2. The number of carbonyl (C=O) groups excluding carboxylic acids is 3. The Morgan fingerprint density at radius 1 is 0.981 bits per heavy atom. The van der Waals surface area contributed by atoms with Gasteiger partial charge in [-0.25, -0.2) is 9.97 Å². The Morgan fingerprint density at radius 3 is 2.38 bits per heavy atom. The monoisotopic (exact) mass is 719 g/mol. The number of nitrogens with zero attached hydrogens (tertiary/aromatic N) is 6. The van der Waals surface area contributed by atoms with Crippen molar-refractivity contribution in [1.82, 2.24) is 40.1 Å². The molecule has 0 bridgehead atoms. The van der Waals surface area contributed by atoms with Gasteiger partial charge in [-0.05, 0) is 66.6 Å². The van der Waals surface area contributed by atoms with Crippen LogP contribution in [0.3, 0.4) is 0 Å². The Bertz CT molecular complexity index is 2080. The minimum atomic E-state index is -4.47. The predicted molar refractivity (Wildman–Crippen MR) is 180 cm³/mol. The molecular formula is C35H36F3N9O5. The number of hydrogen-bond acceptors (Lipinski definition) is 10. The maximum Gasteiger partial charge on any atom is 0.416 e. The lowest BCUT2D eigenvalue weighted by molar-refractivity contribution is -0.138. The molecule has 0 atom stereocenters. The van der Waals surface area contributed by atoms with Crippen LogP contribution < -0.4 is 10.6 Å². The van der Waals surface area contributed by atoms with Crippen LogP contribution in [0.5, 0.6) is 5.75 Å². The van der Waals surface area contributed by atoms with Crippen molar-refractivity contribution in [2.45, 2.75) is 52.5 Å². The molecule has 4 N–H and O–H groups in total. The maximum atomic E-state index is 14.1. The van der Waals surface area contributed by atoms with E-state index >= 15 is 0 Å². The molecule has 0 spiro atoms. The summed E-state index contributed by atoms with van der Waals surface area (Å²) in [4.78, 5) is 52.8. The van der Waals surface area contributed by atoms with Gasteiger partial charge in [0.1, 0.15) is 12.0 Å². The zero-order valence-electron chi connectivity index (χ0n) is 28.4. The van der Waals surface area contributed by atoms with Gasteiger partial charge in [-0.1, -0.05) is 19.1 Å². The molecule has 0 saturated carbocycles. The molecule has 52 heavy (non-hydrogen) atoms. The number of aromatic hydroxyl groups is 1. The number of alkyl halides is 3. The zero-order valence-corrected chi connectivity index (χ0v) is 28.4. The second kappa shape index (κ2) is 13.8. The molecule has 14 nitrogen and oxygen atoms in total. The van der Waals surface area contributed by atoms with Gasteiger partial charge in [0.15, 0.2) is 17.3 Å². The summed E-state index contributed by atoms with van der Waals surface area (Å²) in [5.74, 6) is -1.25. The molecule has 1 aliphatic carbocycles. The minimum Gasteiger partial charge on any atom is -0.504 e. The van der Waals surface area contributed by atoms with Crippen LogP contribution in [0.2, 0.25) is 0 Å². The van der Waals surface area contributed by atoms with Gasteiger partial charge < -0.3 is 30.3 Å². The summed E-state index contributed by atoms with van der Waals surface area (Å²) in [6.45, 7) is 5.04. The molecule has 1 fully saturated rings. The van der Waals surface area contributed by atoms with Crippen LogP contribution in [0.15, 0.2) is 48.1 Å². The highest BCUT2D eigenvalue weighted by Gasteiger charge is 2.37. The number of allylic oxidation sites excluding steroid dienone is 2. The number of H-pyrrole nitrogens is 1. The number of benzene rings is 2. The second-order valence-corrected chi connectivity index (χ2v) is 12.8. The van der Waals surface area contributed by atoms with E-state index in [9.17, 15) is 32.7 Å². The van der Waals surface area contributed by atoms with E-state index in [1.54, 1.807) is 11.8 Å². The van der Waals surface area contributed by atoms with Crippen molar-refractivity contribution in [2.24, 2.45) is 0 Å². The number of fused-ring (bicyclic) bond motifs is 2. The van der Waals surface area contributed by atoms with Crippen molar-refractivity contribution < 1.29 is 37.4 Å². The summed E-state index contributed by atoms with van der Waals surface area (Å²) < 4.78 is 45.8. The number of ether oxygens (including phenoxy) is 1. The van der Waals surface area contributed by atoms with E-state index in [1.165, 1.54) is 17.3 Å². The van der Waals surface area contributed by atoms with E-state index in [1.807, 2.05) is 25.1 Å². The third kappa shape index (κ3) is 6.58. The zero-order chi connectivity index (χ0) is 36.7. The number of carbonyl (C=O) groups is 3. The fraction of sp³-hybridized carbons (Fsp3) is 0.371. The molecule has 1 saturated heterocycles. The highest BCUT2D eigenvalue weighted by molar-refractivity contribution is 5.97. The Hall–Kier alpha value is -5.71. The normalized spacial score (nSPS) is 15.8. The average molecular weight is 720 g/mol. The number of halogens is 3. The molecule has 4 aromatic rings. The SMILES string of the molecule is CC/C(NCC(=O)Nc1ccc(C(F)(F)F)c2c1CC2)=C(/C(=O)n1nc(-c2ccc3c(c2)COC3)[nH]1)N1CCN(C(=O)c2ncnc(C)c2O)CC1. The molecule has 3 aliphatic rings. The van der Waals surface area contributed by atoms with Crippen LogP contribution in [0.1, 0.15) is 62.1 Å². The van der Waals surface area contributed by atoms with Crippen LogP contribution in [-0.2, 0) is 41.8 Å². The van der Waals surface area contributed by atoms with Crippen molar-refractivity contribution in [3.8, 4) is 17.1 Å². The second-order valence-electron chi connectivity index (χ2n) is 12.8. The number of rotatable bonds is 9. The number of hydrogen-bond donors (Lipinski definition) is 4. The summed E-state index contributed by atoms with van der Waals surface area (Å²) in [5, 5.41) is 23.6. The Balaban J connectivity index is 1.10. The molecule has 2 aromatic carbocycles. The van der Waals surface area contributed by atoms with E-state index in [2.05, 4.69) is 30.8 Å². The quantitative estimate of drug-likeness (QED) is 0.187. The van der Waals surface area contributed by atoms with Gasteiger partial charge >= 0.3 is 12.1 Å². The van der Waals surface area contributed by atoms with E-state index in [0.29, 0.717) is 48.8 Å². The molecular weight excluding hydrogens is 683 g/mol. The number of anilines is 1. The van der Waals surface area contributed by atoms with E-state index in [0.717, 1.165) is 27.6 Å². The molecule has 272 valence electrons. The van der Waals surface area contributed by atoms with Crippen molar-refractivity contribution in [1.29, 1.82) is 0 Å². The first-order valence-electron chi connectivity index (χ1n) is 16.9. The Labute approximate surface area is 295 Å². The van der Waals surface area contributed by atoms with Crippen molar-refractivity contribution in [3.05, 3.63) is 87.3 Å². The van der Waals surface area contributed by atoms with Gasteiger partial charge in [0.2, 0.25) is 5.91 Å². The molecule has 2 aliphatic heterocycles. The number of aromatic nitrogens is 5. The van der Waals surface area contributed by atoms with Crippen LogP contribution in [0.4, 0.5) is 18.9 Å². The highest BCUT2D eigenvalue weighted by atomic mass is 19.4. The van der Waals surface area contributed by atoms with Gasteiger partial charge in [0.05, 0.1) is 31.0 Å². The Morgan fingerprint density at radius 2 is 1.69 bits per heavy atom.